The lowest BCUT2D eigenvalue weighted by Crippen LogP contribution is -2.13. The Labute approximate surface area is 218 Å². The summed E-state index contributed by atoms with van der Waals surface area (Å²) in [5.41, 5.74) is 3.43. The molecule has 0 unspecified atom stereocenters. The molecular weight excluding hydrogens is 516 g/mol. The van der Waals surface area contributed by atoms with Crippen LogP contribution in [-0.2, 0) is 18.0 Å². The highest BCUT2D eigenvalue weighted by Crippen LogP contribution is 2.20. The lowest BCUT2D eigenvalue weighted by molar-refractivity contribution is -0.112. The summed E-state index contributed by atoms with van der Waals surface area (Å²) in [4.78, 5) is 12.6. The van der Waals surface area contributed by atoms with Crippen molar-refractivity contribution in [2.75, 3.05) is 5.32 Å². The predicted octanol–water partition coefficient (Wildman–Crippen LogP) is 7.15. The van der Waals surface area contributed by atoms with Gasteiger partial charge in [0.05, 0.1) is 0 Å². The van der Waals surface area contributed by atoms with Crippen LogP contribution in [0.2, 0.25) is 0 Å². The third-order valence-electron chi connectivity index (χ3n) is 5.24. The molecule has 4 aromatic carbocycles. The highest BCUT2D eigenvalue weighted by molar-refractivity contribution is 9.10. The van der Waals surface area contributed by atoms with E-state index in [4.69, 9.17) is 9.47 Å². The Morgan fingerprint density at radius 2 is 1.33 bits per heavy atom. The van der Waals surface area contributed by atoms with E-state index in [0.29, 0.717) is 30.4 Å². The number of amides is 1. The molecule has 0 bridgehead atoms. The Bertz CT molecular complexity index is 1360. The number of carbonyl (C=O) groups is 1. The molecule has 36 heavy (non-hydrogen) atoms. The van der Waals surface area contributed by atoms with E-state index < -0.39 is 5.91 Å². The van der Waals surface area contributed by atoms with E-state index in [1.807, 2.05) is 72.8 Å². The second kappa shape index (κ2) is 12.4. The second-order valence-corrected chi connectivity index (χ2v) is 8.82. The number of nitriles is 1. The molecule has 4 rings (SSSR count). The van der Waals surface area contributed by atoms with Crippen molar-refractivity contribution in [3.63, 3.8) is 0 Å². The van der Waals surface area contributed by atoms with Crippen LogP contribution in [0.4, 0.5) is 5.69 Å². The number of halogens is 1. The van der Waals surface area contributed by atoms with Crippen molar-refractivity contribution < 1.29 is 14.3 Å². The molecule has 1 amide bonds. The molecule has 0 saturated carbocycles. The first kappa shape index (κ1) is 24.8. The molecule has 0 aromatic heterocycles. The van der Waals surface area contributed by atoms with Crippen LogP contribution in [0.5, 0.6) is 11.5 Å². The molecule has 0 radical (unpaired) electrons. The van der Waals surface area contributed by atoms with E-state index in [-0.39, 0.29) is 5.57 Å². The number of nitrogens with one attached hydrogen (secondary N) is 1. The minimum absolute atomic E-state index is 0.00272. The fourth-order valence-electron chi connectivity index (χ4n) is 3.30. The number of anilines is 1. The minimum atomic E-state index is -0.481. The van der Waals surface area contributed by atoms with Crippen LogP contribution in [0, 0.1) is 11.3 Å². The summed E-state index contributed by atoms with van der Waals surface area (Å²) < 4.78 is 12.6. The highest BCUT2D eigenvalue weighted by atomic mass is 79.9. The Morgan fingerprint density at radius 3 is 1.92 bits per heavy atom. The van der Waals surface area contributed by atoms with Gasteiger partial charge in [-0.3, -0.25) is 4.79 Å². The van der Waals surface area contributed by atoms with Gasteiger partial charge in [-0.15, -0.1) is 0 Å². The first-order valence-electron chi connectivity index (χ1n) is 11.3. The summed E-state index contributed by atoms with van der Waals surface area (Å²) in [6.45, 7) is 0.909. The van der Waals surface area contributed by atoms with E-state index >= 15 is 0 Å². The summed E-state index contributed by atoms with van der Waals surface area (Å²) in [5.74, 6) is 0.911. The van der Waals surface area contributed by atoms with Crippen LogP contribution < -0.4 is 14.8 Å². The van der Waals surface area contributed by atoms with Crippen LogP contribution in [0.1, 0.15) is 16.7 Å². The topological polar surface area (TPSA) is 71.3 Å². The van der Waals surface area contributed by atoms with Gasteiger partial charge in [0, 0.05) is 10.2 Å². The number of ether oxygens (including phenoxy) is 2. The molecule has 0 aliphatic rings. The Morgan fingerprint density at radius 1 is 0.778 bits per heavy atom. The van der Waals surface area contributed by atoms with E-state index in [1.165, 1.54) is 0 Å². The number of carbonyl (C=O) groups excluding carboxylic acids is 1. The first-order valence-corrected chi connectivity index (χ1v) is 12.1. The molecule has 0 atom stereocenters. The highest BCUT2D eigenvalue weighted by Gasteiger charge is 2.10. The molecule has 0 spiro atoms. The smallest absolute Gasteiger partial charge is 0.266 e. The summed E-state index contributed by atoms with van der Waals surface area (Å²) in [5, 5.41) is 12.3. The van der Waals surface area contributed by atoms with Crippen molar-refractivity contribution in [1.29, 1.82) is 5.26 Å². The zero-order valence-corrected chi connectivity index (χ0v) is 20.9. The molecule has 6 heteroatoms. The molecule has 0 saturated heterocycles. The zero-order valence-electron chi connectivity index (χ0n) is 19.4. The molecule has 0 aliphatic carbocycles. The van der Waals surface area contributed by atoms with Gasteiger partial charge in [-0.25, -0.2) is 0 Å². The number of hydrogen-bond donors (Lipinski definition) is 1. The molecule has 1 N–H and O–H groups in total. The first-order chi connectivity index (χ1) is 17.6. The lowest BCUT2D eigenvalue weighted by Gasteiger charge is -2.09. The van der Waals surface area contributed by atoms with Crippen molar-refractivity contribution in [3.05, 3.63) is 130 Å². The predicted molar refractivity (Wildman–Crippen MR) is 144 cm³/mol. The lowest BCUT2D eigenvalue weighted by atomic mass is 10.1. The maximum Gasteiger partial charge on any atom is 0.266 e. The number of nitrogens with zero attached hydrogens (tertiary/aromatic N) is 1. The molecular formula is C30H23BrN2O3. The van der Waals surface area contributed by atoms with Crippen molar-refractivity contribution in [1.82, 2.24) is 0 Å². The minimum Gasteiger partial charge on any atom is -0.489 e. The van der Waals surface area contributed by atoms with Crippen molar-refractivity contribution in [3.8, 4) is 17.6 Å². The van der Waals surface area contributed by atoms with Crippen LogP contribution in [-0.4, -0.2) is 5.91 Å². The summed E-state index contributed by atoms with van der Waals surface area (Å²) in [6, 6.07) is 34.0. The van der Waals surface area contributed by atoms with E-state index in [2.05, 4.69) is 21.2 Å². The quantitative estimate of drug-likeness (QED) is 0.181. The van der Waals surface area contributed by atoms with Crippen LogP contribution in [0.3, 0.4) is 0 Å². The average molecular weight is 539 g/mol. The summed E-state index contributed by atoms with van der Waals surface area (Å²) >= 11 is 3.42. The normalized spacial score (nSPS) is 10.8. The SMILES string of the molecule is N#C/C(=C\c1ccc(OCc2ccc(Br)cc2)cc1)C(=O)Nc1ccc(OCc2ccccc2)cc1. The monoisotopic (exact) mass is 538 g/mol. The molecule has 178 valence electrons. The van der Waals surface area contributed by atoms with Gasteiger partial charge in [0.15, 0.2) is 0 Å². The molecule has 0 aliphatic heterocycles. The van der Waals surface area contributed by atoms with Gasteiger partial charge in [0.25, 0.3) is 5.91 Å². The average Bonchev–Trinajstić information content (AvgIpc) is 2.92. The van der Waals surface area contributed by atoms with Gasteiger partial charge in [-0.05, 0) is 71.3 Å². The largest absolute Gasteiger partial charge is 0.489 e. The van der Waals surface area contributed by atoms with Crippen molar-refractivity contribution in [2.24, 2.45) is 0 Å². The number of benzene rings is 4. The van der Waals surface area contributed by atoms with Gasteiger partial charge in [-0.1, -0.05) is 70.5 Å². The second-order valence-electron chi connectivity index (χ2n) is 7.91. The third-order valence-corrected chi connectivity index (χ3v) is 5.76. The van der Waals surface area contributed by atoms with Gasteiger partial charge in [0.2, 0.25) is 0 Å². The fourth-order valence-corrected chi connectivity index (χ4v) is 3.56. The van der Waals surface area contributed by atoms with Crippen molar-refractivity contribution >= 4 is 33.6 Å². The van der Waals surface area contributed by atoms with E-state index in [9.17, 15) is 10.1 Å². The summed E-state index contributed by atoms with van der Waals surface area (Å²) in [7, 11) is 0. The molecule has 0 heterocycles. The Kier molecular flexibility index (Phi) is 8.53. The fraction of sp³-hybridized carbons (Fsp3) is 0.0667. The molecule has 4 aromatic rings. The molecule has 0 fully saturated rings. The van der Waals surface area contributed by atoms with Gasteiger partial charge in [-0.2, -0.15) is 5.26 Å². The van der Waals surface area contributed by atoms with E-state index in [0.717, 1.165) is 21.2 Å². The van der Waals surface area contributed by atoms with Crippen LogP contribution >= 0.6 is 15.9 Å². The van der Waals surface area contributed by atoms with Gasteiger partial charge in [0.1, 0.15) is 36.4 Å². The van der Waals surface area contributed by atoms with Gasteiger partial charge < -0.3 is 14.8 Å². The number of rotatable bonds is 9. The van der Waals surface area contributed by atoms with Gasteiger partial charge >= 0.3 is 0 Å². The van der Waals surface area contributed by atoms with Crippen molar-refractivity contribution in [2.45, 2.75) is 13.2 Å². The molecule has 5 nitrogen and oxygen atoms in total. The standard InChI is InChI=1S/C30H23BrN2O3/c31-26-10-6-24(7-11-26)21-36-28-14-8-22(9-15-28)18-25(19-32)30(34)33-27-12-16-29(17-13-27)35-20-23-4-2-1-3-5-23/h1-18H,20-21H2,(H,33,34)/b25-18+. The maximum atomic E-state index is 12.6. The van der Waals surface area contributed by atoms with Crippen LogP contribution in [0.25, 0.3) is 6.08 Å². The maximum absolute atomic E-state index is 12.6. The zero-order chi connectivity index (χ0) is 25.2. The summed E-state index contributed by atoms with van der Waals surface area (Å²) in [6.07, 6.45) is 1.55. The number of hydrogen-bond acceptors (Lipinski definition) is 4. The van der Waals surface area contributed by atoms with Crippen LogP contribution in [0.15, 0.2) is 113 Å². The Balaban J connectivity index is 1.31. The Hall–Kier alpha value is -4.34. The third kappa shape index (κ3) is 7.33. The van der Waals surface area contributed by atoms with E-state index in [1.54, 1.807) is 42.5 Å².